The van der Waals surface area contributed by atoms with E-state index >= 15 is 0 Å². The maximum absolute atomic E-state index is 14.2. The maximum atomic E-state index is 14.2. The highest BCUT2D eigenvalue weighted by molar-refractivity contribution is 7.17. The molecule has 1 aliphatic carbocycles. The number of thiazole rings is 1. The molecule has 2 fully saturated rings. The number of pyridine rings is 1. The lowest BCUT2D eigenvalue weighted by Gasteiger charge is -2.23. The molecule has 202 valence electrons. The zero-order chi connectivity index (χ0) is 27.1. The first-order chi connectivity index (χ1) is 17.2. The van der Waals surface area contributed by atoms with Crippen LogP contribution in [-0.2, 0) is 6.18 Å². The van der Waals surface area contributed by atoms with Gasteiger partial charge in [0, 0.05) is 35.9 Å². The van der Waals surface area contributed by atoms with Gasteiger partial charge >= 0.3 is 6.18 Å². The number of hydrogen-bond donors (Lipinski definition) is 3. The smallest absolute Gasteiger partial charge is 0.393 e. The van der Waals surface area contributed by atoms with Crippen LogP contribution in [0.5, 0.6) is 0 Å². The summed E-state index contributed by atoms with van der Waals surface area (Å²) in [5, 5.41) is 15.4. The molecule has 2 aromatic heterocycles. The molecule has 3 heterocycles. The molecule has 37 heavy (non-hydrogen) atoms. The summed E-state index contributed by atoms with van der Waals surface area (Å²) in [6.07, 6.45) is -1.05. The standard InChI is InChI=1S/C25H32F3N5O3S/c1-13-6-5-9-33(13)23(36)19-20(37-22(31-19)21(35)30-14-7-8-15(34)10-14)16-12-29-18(32-24(2,3)4)11-17(16)25(26,27)28/h11-15,34H,5-10H2,1-4H3,(H,29,32)(H,30,35)/t13-,14-,15+/m0/s1. The van der Waals surface area contributed by atoms with E-state index in [0.29, 0.717) is 25.8 Å². The van der Waals surface area contributed by atoms with Crippen molar-refractivity contribution in [2.45, 2.75) is 89.7 Å². The van der Waals surface area contributed by atoms with Gasteiger partial charge in [-0.1, -0.05) is 0 Å². The molecule has 0 bridgehead atoms. The number of aromatic nitrogens is 2. The molecule has 0 unspecified atom stereocenters. The van der Waals surface area contributed by atoms with Gasteiger partial charge in [0.1, 0.15) is 11.5 Å². The van der Waals surface area contributed by atoms with Crippen molar-refractivity contribution < 1.29 is 27.9 Å². The van der Waals surface area contributed by atoms with Crippen LogP contribution in [0.25, 0.3) is 10.4 Å². The van der Waals surface area contributed by atoms with Crippen LogP contribution in [0, 0.1) is 0 Å². The summed E-state index contributed by atoms with van der Waals surface area (Å²) < 4.78 is 42.7. The van der Waals surface area contributed by atoms with Crippen molar-refractivity contribution >= 4 is 29.0 Å². The molecule has 0 aromatic carbocycles. The van der Waals surface area contributed by atoms with Crippen LogP contribution < -0.4 is 10.6 Å². The van der Waals surface area contributed by atoms with E-state index in [1.165, 1.54) is 0 Å². The van der Waals surface area contributed by atoms with Crippen molar-refractivity contribution in [2.75, 3.05) is 11.9 Å². The van der Waals surface area contributed by atoms with E-state index in [2.05, 4.69) is 20.6 Å². The van der Waals surface area contributed by atoms with Crippen molar-refractivity contribution in [2.24, 2.45) is 0 Å². The summed E-state index contributed by atoms with van der Waals surface area (Å²) in [7, 11) is 0. The summed E-state index contributed by atoms with van der Waals surface area (Å²) in [4.78, 5) is 36.5. The van der Waals surface area contributed by atoms with E-state index < -0.39 is 35.2 Å². The van der Waals surface area contributed by atoms with Crippen molar-refractivity contribution in [3.63, 3.8) is 0 Å². The number of alkyl halides is 3. The van der Waals surface area contributed by atoms with Gasteiger partial charge in [0.05, 0.1) is 16.5 Å². The Kier molecular flexibility index (Phi) is 7.53. The van der Waals surface area contributed by atoms with Gasteiger partial charge in [0.2, 0.25) is 0 Å². The zero-order valence-electron chi connectivity index (χ0n) is 21.3. The highest BCUT2D eigenvalue weighted by Crippen LogP contribution is 2.42. The number of aliphatic hydroxyl groups excluding tert-OH is 1. The average molecular weight is 540 g/mol. The Labute approximate surface area is 217 Å². The number of halogens is 3. The molecule has 0 spiro atoms. The van der Waals surface area contributed by atoms with Crippen LogP contribution in [0.3, 0.4) is 0 Å². The lowest BCUT2D eigenvalue weighted by molar-refractivity contribution is -0.137. The minimum absolute atomic E-state index is 0.0390. The number of likely N-dealkylation sites (tertiary alicyclic amines) is 1. The first-order valence-corrected chi connectivity index (χ1v) is 13.2. The van der Waals surface area contributed by atoms with Crippen LogP contribution in [-0.4, -0.2) is 62.1 Å². The van der Waals surface area contributed by atoms with Gasteiger partial charge in [-0.25, -0.2) is 9.97 Å². The molecule has 2 aliphatic rings. The highest BCUT2D eigenvalue weighted by Gasteiger charge is 2.38. The first kappa shape index (κ1) is 27.3. The normalized spacial score (nSPS) is 22.4. The number of hydrogen-bond acceptors (Lipinski definition) is 7. The molecular weight excluding hydrogens is 507 g/mol. The summed E-state index contributed by atoms with van der Waals surface area (Å²) >= 11 is 0.749. The second-order valence-electron chi connectivity index (χ2n) is 10.8. The molecule has 0 radical (unpaired) electrons. The Balaban J connectivity index is 1.78. The van der Waals surface area contributed by atoms with Crippen molar-refractivity contribution in [3.05, 3.63) is 28.5 Å². The molecule has 1 aliphatic heterocycles. The molecule has 2 aromatic rings. The largest absolute Gasteiger partial charge is 0.417 e. The molecule has 12 heteroatoms. The van der Waals surface area contributed by atoms with Gasteiger partial charge < -0.3 is 20.6 Å². The van der Waals surface area contributed by atoms with Crippen molar-refractivity contribution in [1.29, 1.82) is 0 Å². The van der Waals surface area contributed by atoms with E-state index in [9.17, 15) is 27.9 Å². The van der Waals surface area contributed by atoms with Gasteiger partial charge in [-0.2, -0.15) is 13.2 Å². The van der Waals surface area contributed by atoms with Crippen LogP contribution in [0.15, 0.2) is 12.3 Å². The van der Waals surface area contributed by atoms with E-state index in [1.807, 2.05) is 6.92 Å². The fourth-order valence-electron chi connectivity index (χ4n) is 4.78. The highest BCUT2D eigenvalue weighted by atomic mass is 32.1. The van der Waals surface area contributed by atoms with E-state index in [0.717, 1.165) is 36.4 Å². The lowest BCUT2D eigenvalue weighted by Crippen LogP contribution is -2.35. The van der Waals surface area contributed by atoms with Gasteiger partial charge in [0.15, 0.2) is 5.01 Å². The predicted molar refractivity (Wildman–Crippen MR) is 135 cm³/mol. The Bertz CT molecular complexity index is 1180. The average Bonchev–Trinajstić information content (AvgIpc) is 3.51. The minimum Gasteiger partial charge on any atom is -0.393 e. The number of nitrogens with zero attached hydrogens (tertiary/aromatic N) is 3. The Morgan fingerprint density at radius 1 is 1.19 bits per heavy atom. The van der Waals surface area contributed by atoms with Gasteiger partial charge in [-0.15, -0.1) is 11.3 Å². The summed E-state index contributed by atoms with van der Waals surface area (Å²) in [5.74, 6) is -1.03. The molecule has 4 rings (SSSR count). The predicted octanol–water partition coefficient (Wildman–Crippen LogP) is 4.70. The van der Waals surface area contributed by atoms with E-state index in [-0.39, 0.29) is 39.0 Å². The van der Waals surface area contributed by atoms with E-state index in [1.54, 1.807) is 25.7 Å². The number of rotatable bonds is 5. The monoisotopic (exact) mass is 539 g/mol. The molecule has 1 saturated carbocycles. The Morgan fingerprint density at radius 2 is 1.92 bits per heavy atom. The quantitative estimate of drug-likeness (QED) is 0.509. The number of aliphatic hydroxyl groups is 1. The van der Waals surface area contributed by atoms with Crippen LogP contribution in [0.4, 0.5) is 19.0 Å². The zero-order valence-corrected chi connectivity index (χ0v) is 22.1. The first-order valence-electron chi connectivity index (χ1n) is 12.4. The fourth-order valence-corrected chi connectivity index (χ4v) is 5.76. The van der Waals surface area contributed by atoms with E-state index in [4.69, 9.17) is 0 Å². The van der Waals surface area contributed by atoms with Gasteiger partial charge in [0.25, 0.3) is 11.8 Å². The fraction of sp³-hybridized carbons (Fsp3) is 0.600. The van der Waals surface area contributed by atoms with Crippen LogP contribution >= 0.6 is 11.3 Å². The molecular formula is C25H32F3N5O3S. The third-order valence-electron chi connectivity index (χ3n) is 6.54. The lowest BCUT2D eigenvalue weighted by atomic mass is 10.1. The summed E-state index contributed by atoms with van der Waals surface area (Å²) in [5.41, 5.74) is -1.96. The second kappa shape index (κ2) is 10.2. The Hall–Kier alpha value is -2.73. The van der Waals surface area contributed by atoms with Crippen LogP contribution in [0.2, 0.25) is 0 Å². The second-order valence-corrected chi connectivity index (χ2v) is 11.8. The van der Waals surface area contributed by atoms with Gasteiger partial charge in [-0.3, -0.25) is 9.59 Å². The number of carbonyl (C=O) groups excluding carboxylic acids is 2. The molecule has 8 nitrogen and oxygen atoms in total. The number of carbonyl (C=O) groups is 2. The Morgan fingerprint density at radius 3 is 2.49 bits per heavy atom. The minimum atomic E-state index is -4.74. The van der Waals surface area contributed by atoms with Gasteiger partial charge in [-0.05, 0) is 65.9 Å². The molecule has 3 N–H and O–H groups in total. The number of anilines is 1. The SMILES string of the molecule is C[C@H]1CCCN1C(=O)c1nc(C(=O)N[C@H]2CC[C@@H](O)C2)sc1-c1cnc(NC(C)(C)C)cc1C(F)(F)F. The van der Waals surface area contributed by atoms with Crippen molar-refractivity contribution in [3.8, 4) is 10.4 Å². The summed E-state index contributed by atoms with van der Waals surface area (Å²) in [6.45, 7) is 7.77. The maximum Gasteiger partial charge on any atom is 0.417 e. The molecule has 1 saturated heterocycles. The molecule has 3 atom stereocenters. The summed E-state index contributed by atoms with van der Waals surface area (Å²) in [6, 6.07) is 0.577. The number of amides is 2. The third-order valence-corrected chi connectivity index (χ3v) is 7.62. The number of nitrogens with one attached hydrogen (secondary N) is 2. The van der Waals surface area contributed by atoms with Crippen LogP contribution in [0.1, 0.15) is 85.7 Å². The topological polar surface area (TPSA) is 107 Å². The molecule has 2 amide bonds. The third kappa shape index (κ3) is 6.23. The van der Waals surface area contributed by atoms with Crippen molar-refractivity contribution in [1.82, 2.24) is 20.2 Å².